The fourth-order valence-corrected chi connectivity index (χ4v) is 3.20. The molecule has 0 heterocycles. The van der Waals surface area contributed by atoms with Gasteiger partial charge in [0.2, 0.25) is 5.91 Å². The van der Waals surface area contributed by atoms with Crippen LogP contribution in [-0.2, 0) is 9.53 Å². The molecule has 0 saturated heterocycles. The summed E-state index contributed by atoms with van der Waals surface area (Å²) >= 11 is 0. The molecule has 0 aromatic heterocycles. The molecule has 2 fully saturated rings. The summed E-state index contributed by atoms with van der Waals surface area (Å²) in [6.45, 7) is 0.000462. The maximum absolute atomic E-state index is 13.0. The van der Waals surface area contributed by atoms with Gasteiger partial charge in [-0.05, 0) is 30.5 Å². The lowest BCUT2D eigenvalue weighted by atomic mass is 9.74. The monoisotopic (exact) mass is 409 g/mol. The Morgan fingerprint density at radius 1 is 1.29 bits per heavy atom. The quantitative estimate of drug-likeness (QED) is 0.646. The highest BCUT2D eigenvalue weighted by molar-refractivity contribution is 5.77. The van der Waals surface area contributed by atoms with Gasteiger partial charge >= 0.3 is 6.36 Å². The number of ether oxygens (including phenoxy) is 2. The molecule has 1 aromatic rings. The summed E-state index contributed by atoms with van der Waals surface area (Å²) < 4.78 is 72.7. The Bertz CT molecular complexity index is 712. The minimum absolute atomic E-state index is 0.000462. The maximum atomic E-state index is 13.0. The van der Waals surface area contributed by atoms with Crippen molar-refractivity contribution in [3.8, 4) is 5.75 Å². The van der Waals surface area contributed by atoms with Crippen molar-refractivity contribution >= 4 is 5.91 Å². The molecule has 1 unspecified atom stereocenters. The van der Waals surface area contributed by atoms with E-state index in [1.54, 1.807) is 0 Å². The number of aliphatic hydroxyl groups is 1. The molecule has 0 bridgehead atoms. The van der Waals surface area contributed by atoms with Crippen molar-refractivity contribution in [2.24, 2.45) is 0 Å². The molecule has 0 aliphatic heterocycles. The van der Waals surface area contributed by atoms with E-state index in [1.807, 2.05) is 0 Å². The molecule has 3 rings (SSSR count). The molecule has 1 amide bonds. The Balaban J connectivity index is 1.66. The summed E-state index contributed by atoms with van der Waals surface area (Å²) in [5, 5.41) is 12.5. The van der Waals surface area contributed by atoms with Gasteiger partial charge in [0.25, 0.3) is 5.92 Å². The molecule has 5 nitrogen and oxygen atoms in total. The van der Waals surface area contributed by atoms with E-state index < -0.39 is 54.8 Å². The normalized spacial score (nSPS) is 21.5. The van der Waals surface area contributed by atoms with Crippen molar-refractivity contribution in [3.63, 3.8) is 0 Å². The second kappa shape index (κ2) is 7.47. The molecular weight excluding hydrogens is 389 g/mol. The molecule has 2 saturated carbocycles. The van der Waals surface area contributed by atoms with E-state index in [2.05, 4.69) is 10.1 Å². The molecule has 28 heavy (non-hydrogen) atoms. The van der Waals surface area contributed by atoms with Crippen LogP contribution in [0.1, 0.15) is 43.7 Å². The van der Waals surface area contributed by atoms with Gasteiger partial charge in [-0.1, -0.05) is 12.1 Å². The van der Waals surface area contributed by atoms with Crippen molar-refractivity contribution < 1.29 is 41.3 Å². The van der Waals surface area contributed by atoms with E-state index in [-0.39, 0.29) is 12.7 Å². The Kier molecular flexibility index (Phi) is 5.55. The smallest absolute Gasteiger partial charge is 0.406 e. The van der Waals surface area contributed by atoms with Crippen molar-refractivity contribution in [2.45, 2.75) is 62.1 Å². The first-order valence-corrected chi connectivity index (χ1v) is 8.80. The Morgan fingerprint density at radius 3 is 2.54 bits per heavy atom. The van der Waals surface area contributed by atoms with E-state index in [0.29, 0.717) is 5.56 Å². The molecule has 2 aliphatic carbocycles. The average molecular weight is 409 g/mol. The summed E-state index contributed by atoms with van der Waals surface area (Å²) in [6.07, 6.45) is -5.25. The molecule has 10 heteroatoms. The maximum Gasteiger partial charge on any atom is 0.573 e. The molecule has 156 valence electrons. The summed E-state index contributed by atoms with van der Waals surface area (Å²) in [5.41, 5.74) is -1.47. The molecule has 2 N–H and O–H groups in total. The van der Waals surface area contributed by atoms with E-state index in [1.165, 1.54) is 12.1 Å². The lowest BCUT2D eigenvalue weighted by molar-refractivity contribution is -0.274. The third kappa shape index (κ3) is 6.03. The van der Waals surface area contributed by atoms with Gasteiger partial charge < -0.3 is 19.9 Å². The molecule has 1 aromatic carbocycles. The van der Waals surface area contributed by atoms with Gasteiger partial charge in [-0.3, -0.25) is 4.79 Å². The van der Waals surface area contributed by atoms with Gasteiger partial charge in [0.15, 0.2) is 0 Å². The first-order chi connectivity index (χ1) is 12.9. The van der Waals surface area contributed by atoms with E-state index in [9.17, 15) is 31.9 Å². The minimum Gasteiger partial charge on any atom is -0.406 e. The number of rotatable bonds is 8. The average Bonchev–Trinajstić information content (AvgIpc) is 3.31. The topological polar surface area (TPSA) is 67.8 Å². The predicted molar refractivity (Wildman–Crippen MR) is 86.7 cm³/mol. The van der Waals surface area contributed by atoms with Gasteiger partial charge in [-0.25, -0.2) is 8.78 Å². The fourth-order valence-electron chi connectivity index (χ4n) is 3.20. The zero-order valence-electron chi connectivity index (χ0n) is 14.8. The number of hydrogen-bond donors (Lipinski definition) is 2. The summed E-state index contributed by atoms with van der Waals surface area (Å²) in [7, 11) is 0. The van der Waals surface area contributed by atoms with Crippen LogP contribution < -0.4 is 10.1 Å². The second-order valence-electron chi connectivity index (χ2n) is 7.38. The first kappa shape index (κ1) is 20.8. The van der Waals surface area contributed by atoms with E-state index in [0.717, 1.165) is 25.0 Å². The number of benzene rings is 1. The van der Waals surface area contributed by atoms with Crippen molar-refractivity contribution in [1.29, 1.82) is 0 Å². The van der Waals surface area contributed by atoms with Crippen LogP contribution >= 0.6 is 0 Å². The highest BCUT2D eigenvalue weighted by Gasteiger charge is 2.56. The van der Waals surface area contributed by atoms with E-state index >= 15 is 0 Å². The summed E-state index contributed by atoms with van der Waals surface area (Å²) in [4.78, 5) is 12.2. The van der Waals surface area contributed by atoms with Crippen molar-refractivity contribution in [3.05, 3.63) is 29.8 Å². The van der Waals surface area contributed by atoms with Crippen LogP contribution in [0.25, 0.3) is 0 Å². The first-order valence-electron chi connectivity index (χ1n) is 8.80. The molecule has 1 atom stereocenters. The van der Waals surface area contributed by atoms with Crippen LogP contribution in [-0.4, -0.2) is 41.6 Å². The predicted octanol–water partition coefficient (Wildman–Crippen LogP) is 3.47. The lowest BCUT2D eigenvalue weighted by Gasteiger charge is -2.42. The number of amides is 1. The van der Waals surface area contributed by atoms with Crippen LogP contribution in [0.2, 0.25) is 0 Å². The third-order valence-corrected chi connectivity index (χ3v) is 4.52. The van der Waals surface area contributed by atoms with Gasteiger partial charge in [0.05, 0.1) is 30.8 Å². The fraction of sp³-hybridized carbons (Fsp3) is 0.611. The highest BCUT2D eigenvalue weighted by atomic mass is 19.4. The van der Waals surface area contributed by atoms with Gasteiger partial charge in [0, 0.05) is 12.8 Å². The minimum atomic E-state index is -4.86. The summed E-state index contributed by atoms with van der Waals surface area (Å²) in [5.74, 6) is -4.13. The van der Waals surface area contributed by atoms with Crippen LogP contribution in [0, 0.1) is 0 Å². The number of nitrogens with one attached hydrogen (secondary N) is 1. The number of carbonyl (C=O) groups excluding carboxylic acids is 1. The highest BCUT2D eigenvalue weighted by Crippen LogP contribution is 2.47. The van der Waals surface area contributed by atoms with Crippen LogP contribution in [0.3, 0.4) is 0 Å². The number of hydrogen-bond acceptors (Lipinski definition) is 4. The molecule has 0 spiro atoms. The molecule has 2 aliphatic rings. The van der Waals surface area contributed by atoms with E-state index in [4.69, 9.17) is 4.74 Å². The van der Waals surface area contributed by atoms with Crippen LogP contribution in [0.4, 0.5) is 22.0 Å². The zero-order chi connectivity index (χ0) is 20.6. The Labute approximate surface area is 157 Å². The lowest BCUT2D eigenvalue weighted by Crippen LogP contribution is -2.54. The molecule has 0 radical (unpaired) electrons. The number of carbonyl (C=O) groups is 1. The van der Waals surface area contributed by atoms with Crippen molar-refractivity contribution in [2.75, 3.05) is 6.61 Å². The van der Waals surface area contributed by atoms with Crippen LogP contribution in [0.5, 0.6) is 5.75 Å². The van der Waals surface area contributed by atoms with Crippen molar-refractivity contribution in [1.82, 2.24) is 5.32 Å². The SMILES string of the molecule is O=C(CC1(O)CC(F)(F)C1)NC(COC1CC1)c1cccc(OC(F)(F)F)c1. The second-order valence-corrected chi connectivity index (χ2v) is 7.38. The standard InChI is InChI=1S/C18H20F5NO4/c19-17(20)9-16(26,10-17)7-15(25)24-14(8-27-12-4-5-12)11-2-1-3-13(6-11)28-18(21,22)23/h1-3,6,12,14,26H,4-5,7-10H2,(H,24,25). The third-order valence-electron chi connectivity index (χ3n) is 4.52. The number of halogens is 5. The Morgan fingerprint density at radius 2 is 1.96 bits per heavy atom. The largest absolute Gasteiger partial charge is 0.573 e. The zero-order valence-corrected chi connectivity index (χ0v) is 14.8. The van der Waals surface area contributed by atoms with Gasteiger partial charge in [0.1, 0.15) is 5.75 Å². The Hall–Kier alpha value is -1.94. The van der Waals surface area contributed by atoms with Gasteiger partial charge in [-0.15, -0.1) is 13.2 Å². The van der Waals surface area contributed by atoms with Gasteiger partial charge in [-0.2, -0.15) is 0 Å². The summed E-state index contributed by atoms with van der Waals surface area (Å²) in [6, 6.07) is 4.27. The molecular formula is C18H20F5NO4. The number of alkyl halides is 5. The van der Waals surface area contributed by atoms with Crippen LogP contribution in [0.15, 0.2) is 24.3 Å².